The average Bonchev–Trinajstić information content (AvgIpc) is 3.72. The lowest BCUT2D eigenvalue weighted by Crippen LogP contribution is -2.37. The van der Waals surface area contributed by atoms with Crippen LogP contribution in [0.25, 0.3) is 56.2 Å². The van der Waals surface area contributed by atoms with Crippen molar-refractivity contribution in [2.75, 3.05) is 0 Å². The highest BCUT2D eigenvalue weighted by molar-refractivity contribution is 5.84. The summed E-state index contributed by atoms with van der Waals surface area (Å²) < 4.78 is 6.87. The molecule has 12 rings (SSSR count). The van der Waals surface area contributed by atoms with Crippen molar-refractivity contribution in [1.29, 1.82) is 0 Å². The molecule has 8 aromatic rings. The topological polar surface area (TPSA) is 35.0 Å². The number of nitrogens with zero attached hydrogens (tertiary/aromatic N) is 2. The first-order valence-electron chi connectivity index (χ1n) is 20.6. The summed E-state index contributed by atoms with van der Waals surface area (Å²) in [6, 6.07) is 61.3. The molecule has 1 aromatic heterocycles. The molecule has 7 aromatic carbocycles. The Morgan fingerprint density at radius 1 is 0.441 bits per heavy atom. The molecule has 0 fully saturated rings. The fourth-order valence-corrected chi connectivity index (χ4v) is 10.7. The zero-order valence-electron chi connectivity index (χ0n) is 32.9. The number of hydrogen-bond acceptors (Lipinski definition) is 3. The SMILES string of the molecule is CC1(C)c2ccccc2-c2ccc(-c3cc(-c4cccc(-c5ccc6c(c5)Oc5ccccc5C65c6ccccc6C6C=CC=CC65)c4)nc(-c4ccccc4)n3)cc21. The van der Waals surface area contributed by atoms with Gasteiger partial charge in [-0.15, -0.1) is 0 Å². The molecule has 0 bridgehead atoms. The molecule has 280 valence electrons. The summed E-state index contributed by atoms with van der Waals surface area (Å²) in [5.41, 5.74) is 17.1. The molecule has 2 heterocycles. The van der Waals surface area contributed by atoms with Crippen LogP contribution in [0.5, 0.6) is 11.5 Å². The van der Waals surface area contributed by atoms with E-state index in [-0.39, 0.29) is 16.7 Å². The number of hydrogen-bond donors (Lipinski definition) is 0. The largest absolute Gasteiger partial charge is 0.457 e. The Bertz CT molecular complexity index is 3080. The van der Waals surface area contributed by atoms with Crippen LogP contribution in [0, 0.1) is 5.92 Å². The maximum atomic E-state index is 6.87. The van der Waals surface area contributed by atoms with E-state index < -0.39 is 0 Å². The quantitative estimate of drug-likeness (QED) is 0.179. The van der Waals surface area contributed by atoms with Gasteiger partial charge in [0.25, 0.3) is 0 Å². The smallest absolute Gasteiger partial charge is 0.160 e. The summed E-state index contributed by atoms with van der Waals surface area (Å²) in [5.74, 6) is 3.07. The van der Waals surface area contributed by atoms with E-state index in [1.807, 2.05) is 18.2 Å². The fourth-order valence-electron chi connectivity index (χ4n) is 10.7. The van der Waals surface area contributed by atoms with Crippen LogP contribution in [0.15, 0.2) is 194 Å². The van der Waals surface area contributed by atoms with E-state index >= 15 is 0 Å². The van der Waals surface area contributed by atoms with Gasteiger partial charge in [-0.3, -0.25) is 0 Å². The van der Waals surface area contributed by atoms with E-state index in [9.17, 15) is 0 Å². The van der Waals surface area contributed by atoms with E-state index in [4.69, 9.17) is 14.7 Å². The minimum atomic E-state index is -0.367. The van der Waals surface area contributed by atoms with Crippen LogP contribution < -0.4 is 4.74 Å². The molecule has 0 amide bonds. The van der Waals surface area contributed by atoms with Gasteiger partial charge in [-0.25, -0.2) is 9.97 Å². The minimum Gasteiger partial charge on any atom is -0.457 e. The molecule has 0 N–H and O–H groups in total. The van der Waals surface area contributed by atoms with Crippen LogP contribution in [0.2, 0.25) is 0 Å². The van der Waals surface area contributed by atoms with Gasteiger partial charge in [0, 0.05) is 45.1 Å². The molecule has 0 saturated carbocycles. The third-order valence-electron chi connectivity index (χ3n) is 13.4. The van der Waals surface area contributed by atoms with Gasteiger partial charge in [-0.05, 0) is 74.8 Å². The molecule has 3 atom stereocenters. The van der Waals surface area contributed by atoms with Crippen molar-refractivity contribution in [1.82, 2.24) is 9.97 Å². The molecular formula is C56H40N2O. The molecule has 3 heteroatoms. The Kier molecular flexibility index (Phi) is 7.32. The van der Waals surface area contributed by atoms with Gasteiger partial charge in [0.1, 0.15) is 11.5 Å². The first-order valence-corrected chi connectivity index (χ1v) is 20.6. The summed E-state index contributed by atoms with van der Waals surface area (Å²) in [7, 11) is 0. The molecule has 0 radical (unpaired) electrons. The minimum absolute atomic E-state index is 0.109. The Balaban J connectivity index is 0.978. The Labute approximate surface area is 345 Å². The van der Waals surface area contributed by atoms with Crippen molar-refractivity contribution >= 4 is 0 Å². The van der Waals surface area contributed by atoms with E-state index in [1.54, 1.807) is 0 Å². The van der Waals surface area contributed by atoms with Crippen molar-refractivity contribution in [3.05, 3.63) is 228 Å². The number of aromatic nitrogens is 2. The maximum absolute atomic E-state index is 6.87. The molecule has 3 unspecified atom stereocenters. The molecule has 3 aliphatic carbocycles. The maximum Gasteiger partial charge on any atom is 0.160 e. The summed E-state index contributed by atoms with van der Waals surface area (Å²) in [5, 5.41) is 0. The number of benzene rings is 7. The number of fused-ring (bicyclic) bond motifs is 12. The molecule has 0 saturated heterocycles. The second kappa shape index (κ2) is 12.7. The Morgan fingerprint density at radius 3 is 1.93 bits per heavy atom. The zero-order valence-corrected chi connectivity index (χ0v) is 32.9. The predicted octanol–water partition coefficient (Wildman–Crippen LogP) is 13.7. The monoisotopic (exact) mass is 756 g/mol. The third kappa shape index (κ3) is 4.94. The van der Waals surface area contributed by atoms with Gasteiger partial charge >= 0.3 is 0 Å². The lowest BCUT2D eigenvalue weighted by Gasteiger charge is -2.43. The highest BCUT2D eigenvalue weighted by atomic mass is 16.5. The molecular weight excluding hydrogens is 717 g/mol. The van der Waals surface area contributed by atoms with Crippen molar-refractivity contribution in [3.63, 3.8) is 0 Å². The zero-order chi connectivity index (χ0) is 39.3. The van der Waals surface area contributed by atoms with Gasteiger partial charge in [0.15, 0.2) is 5.82 Å². The van der Waals surface area contributed by atoms with Gasteiger partial charge in [-0.2, -0.15) is 0 Å². The van der Waals surface area contributed by atoms with Crippen LogP contribution in [0.1, 0.15) is 53.1 Å². The first-order chi connectivity index (χ1) is 29.0. The number of para-hydroxylation sites is 1. The highest BCUT2D eigenvalue weighted by Gasteiger charge is 2.56. The van der Waals surface area contributed by atoms with Crippen molar-refractivity contribution in [3.8, 4) is 67.7 Å². The number of rotatable bonds is 4. The summed E-state index contributed by atoms with van der Waals surface area (Å²) in [4.78, 5) is 10.4. The van der Waals surface area contributed by atoms with Gasteiger partial charge in [-0.1, -0.05) is 178 Å². The molecule has 3 nitrogen and oxygen atoms in total. The summed E-state index contributed by atoms with van der Waals surface area (Å²) in [6.07, 6.45) is 9.21. The van der Waals surface area contributed by atoms with Gasteiger partial charge < -0.3 is 4.74 Å². The molecule has 1 spiro atoms. The summed E-state index contributed by atoms with van der Waals surface area (Å²) >= 11 is 0. The van der Waals surface area contributed by atoms with Crippen LogP contribution in [-0.4, -0.2) is 9.97 Å². The second-order valence-corrected chi connectivity index (χ2v) is 16.9. The molecule has 1 aliphatic heterocycles. The van der Waals surface area contributed by atoms with E-state index in [0.29, 0.717) is 11.7 Å². The van der Waals surface area contributed by atoms with Crippen molar-refractivity contribution in [2.24, 2.45) is 5.92 Å². The number of allylic oxidation sites excluding steroid dienone is 4. The molecule has 59 heavy (non-hydrogen) atoms. The van der Waals surface area contributed by atoms with Gasteiger partial charge in [0.2, 0.25) is 0 Å². The third-order valence-corrected chi connectivity index (χ3v) is 13.4. The fraction of sp³-hybridized carbons (Fsp3) is 0.107. The first kappa shape index (κ1) is 34.0. The lowest BCUT2D eigenvalue weighted by molar-refractivity contribution is 0.374. The highest BCUT2D eigenvalue weighted by Crippen LogP contribution is 2.64. The second-order valence-electron chi connectivity index (χ2n) is 16.9. The van der Waals surface area contributed by atoms with Crippen molar-refractivity contribution < 1.29 is 4.74 Å². The van der Waals surface area contributed by atoms with E-state index in [1.165, 1.54) is 44.5 Å². The average molecular weight is 757 g/mol. The van der Waals surface area contributed by atoms with Crippen LogP contribution in [0.3, 0.4) is 0 Å². The predicted molar refractivity (Wildman–Crippen MR) is 239 cm³/mol. The lowest BCUT2D eigenvalue weighted by atomic mass is 9.62. The Morgan fingerprint density at radius 2 is 1.07 bits per heavy atom. The van der Waals surface area contributed by atoms with Crippen LogP contribution in [-0.2, 0) is 10.8 Å². The normalized spacial score (nSPS) is 19.6. The Hall–Kier alpha value is -7.10. The number of ether oxygens (including phenoxy) is 1. The molecule has 4 aliphatic rings. The van der Waals surface area contributed by atoms with E-state index in [2.05, 4.69) is 190 Å². The van der Waals surface area contributed by atoms with Crippen LogP contribution in [0.4, 0.5) is 0 Å². The van der Waals surface area contributed by atoms with Crippen LogP contribution >= 0.6 is 0 Å². The van der Waals surface area contributed by atoms with Crippen molar-refractivity contribution in [2.45, 2.75) is 30.6 Å². The summed E-state index contributed by atoms with van der Waals surface area (Å²) in [6.45, 7) is 4.65. The van der Waals surface area contributed by atoms with E-state index in [0.717, 1.165) is 50.7 Å². The standard InChI is InChI=1S/C56H40N2O/c1-55(2)44-22-9-6-19-40(44)43-29-27-39(32-49(43)55)51-34-50(57-54(58-51)35-15-4-3-5-16-35)38-18-14-17-36(31-38)37-28-30-48-53(33-37)59-52-26-13-12-25-47(52)56(48)45-23-10-7-20-41(45)42-21-8-11-24-46(42)56/h3-34,41,45H,1-2H3. The van der Waals surface area contributed by atoms with Gasteiger partial charge in [0.05, 0.1) is 16.8 Å².